The molecular formula is C9H11ClN2O2S. The van der Waals surface area contributed by atoms with Crippen molar-refractivity contribution in [1.82, 2.24) is 9.55 Å². The van der Waals surface area contributed by atoms with Gasteiger partial charge in [-0.3, -0.25) is 14.3 Å². The highest BCUT2D eigenvalue weighted by molar-refractivity contribution is 7.99. The predicted octanol–water partition coefficient (Wildman–Crippen LogP) is 1.26. The first kappa shape index (κ1) is 10.8. The molecule has 1 aliphatic heterocycles. The first-order valence-corrected chi connectivity index (χ1v) is 6.31. The number of nitrogens with one attached hydrogen (secondary N) is 1. The number of H-pyrrole nitrogens is 1. The van der Waals surface area contributed by atoms with E-state index in [1.54, 1.807) is 11.8 Å². The van der Waals surface area contributed by atoms with Crippen molar-refractivity contribution in [1.29, 1.82) is 0 Å². The maximum atomic E-state index is 11.6. The molecule has 2 heterocycles. The average Bonchev–Trinajstić information content (AvgIpc) is 2.17. The topological polar surface area (TPSA) is 54.9 Å². The summed E-state index contributed by atoms with van der Waals surface area (Å²) in [7, 11) is 0. The van der Waals surface area contributed by atoms with Crippen LogP contribution in [-0.4, -0.2) is 21.1 Å². The fourth-order valence-corrected chi connectivity index (χ4v) is 3.05. The lowest BCUT2D eigenvalue weighted by Gasteiger charge is -2.22. The molecule has 4 nitrogen and oxygen atoms in total. The molecule has 1 saturated heterocycles. The number of nitrogens with zero attached hydrogens (tertiary/aromatic N) is 1. The number of hydrogen-bond acceptors (Lipinski definition) is 3. The van der Waals surface area contributed by atoms with Gasteiger partial charge in [0.15, 0.2) is 0 Å². The number of aromatic amines is 1. The summed E-state index contributed by atoms with van der Waals surface area (Å²) in [6, 6.07) is 1.26. The second-order valence-corrected chi connectivity index (χ2v) is 5.06. The number of rotatable bonds is 1. The van der Waals surface area contributed by atoms with Crippen LogP contribution in [0.5, 0.6) is 0 Å². The zero-order chi connectivity index (χ0) is 10.8. The van der Waals surface area contributed by atoms with Crippen molar-refractivity contribution >= 4 is 23.4 Å². The van der Waals surface area contributed by atoms with E-state index in [2.05, 4.69) is 4.98 Å². The quantitative estimate of drug-likeness (QED) is 0.759. The summed E-state index contributed by atoms with van der Waals surface area (Å²) in [5, 5.41) is 0.102. The van der Waals surface area contributed by atoms with Gasteiger partial charge in [-0.25, -0.2) is 4.79 Å². The van der Waals surface area contributed by atoms with E-state index in [4.69, 9.17) is 11.6 Å². The van der Waals surface area contributed by atoms with E-state index in [0.29, 0.717) is 0 Å². The van der Waals surface area contributed by atoms with Crippen molar-refractivity contribution in [3.8, 4) is 0 Å². The van der Waals surface area contributed by atoms with Crippen molar-refractivity contribution in [2.24, 2.45) is 0 Å². The van der Waals surface area contributed by atoms with Gasteiger partial charge in [-0.15, -0.1) is 0 Å². The first-order chi connectivity index (χ1) is 7.18. The summed E-state index contributed by atoms with van der Waals surface area (Å²) in [6.45, 7) is 0. The van der Waals surface area contributed by atoms with E-state index in [1.807, 2.05) is 0 Å². The first-order valence-electron chi connectivity index (χ1n) is 4.77. The van der Waals surface area contributed by atoms with Gasteiger partial charge in [-0.2, -0.15) is 11.8 Å². The van der Waals surface area contributed by atoms with Crippen LogP contribution in [0.4, 0.5) is 0 Å². The van der Waals surface area contributed by atoms with E-state index in [-0.39, 0.29) is 16.8 Å². The second-order valence-electron chi connectivity index (χ2n) is 3.50. The molecule has 1 fully saturated rings. The van der Waals surface area contributed by atoms with Crippen LogP contribution in [0.1, 0.15) is 18.9 Å². The van der Waals surface area contributed by atoms with Gasteiger partial charge in [0, 0.05) is 11.8 Å². The molecule has 82 valence electrons. The third-order valence-corrected chi connectivity index (χ3v) is 3.84. The smallest absolute Gasteiger partial charge is 0.298 e. The van der Waals surface area contributed by atoms with Crippen molar-refractivity contribution in [2.45, 2.75) is 18.9 Å². The van der Waals surface area contributed by atoms with Crippen LogP contribution < -0.4 is 11.2 Å². The molecule has 0 aromatic carbocycles. The van der Waals surface area contributed by atoms with Crippen LogP contribution in [0.15, 0.2) is 15.7 Å². The van der Waals surface area contributed by atoms with Crippen LogP contribution in [0, 0.1) is 0 Å². The Morgan fingerprint density at radius 2 is 2.33 bits per heavy atom. The monoisotopic (exact) mass is 246 g/mol. The normalized spacial score (nSPS) is 21.5. The Kier molecular flexibility index (Phi) is 3.21. The Labute approximate surface area is 95.6 Å². The summed E-state index contributed by atoms with van der Waals surface area (Å²) in [5.41, 5.74) is -0.712. The Hall–Kier alpha value is -0.680. The van der Waals surface area contributed by atoms with Crippen LogP contribution >= 0.6 is 23.4 Å². The Morgan fingerprint density at radius 1 is 1.53 bits per heavy atom. The SMILES string of the molecule is O=c1cc(Cl)[nH]c(=O)n1C1CCCSC1. The molecule has 0 amide bonds. The average molecular weight is 247 g/mol. The molecule has 1 aromatic heterocycles. The zero-order valence-electron chi connectivity index (χ0n) is 8.03. The number of hydrogen-bond donors (Lipinski definition) is 1. The third-order valence-electron chi connectivity index (χ3n) is 2.43. The minimum atomic E-state index is -0.403. The van der Waals surface area contributed by atoms with Gasteiger partial charge in [-0.05, 0) is 18.6 Å². The van der Waals surface area contributed by atoms with Gasteiger partial charge in [-0.1, -0.05) is 11.6 Å². The Morgan fingerprint density at radius 3 is 2.93 bits per heavy atom. The molecule has 0 spiro atoms. The molecule has 1 N–H and O–H groups in total. The lowest BCUT2D eigenvalue weighted by atomic mass is 10.2. The van der Waals surface area contributed by atoms with E-state index in [0.717, 1.165) is 24.3 Å². The molecule has 1 aromatic rings. The summed E-state index contributed by atoms with van der Waals surface area (Å²) in [5.74, 6) is 1.93. The molecule has 0 saturated carbocycles. The van der Waals surface area contributed by atoms with E-state index in [9.17, 15) is 9.59 Å². The summed E-state index contributed by atoms with van der Waals surface area (Å²) in [6.07, 6.45) is 1.93. The largest absolute Gasteiger partial charge is 0.329 e. The Bertz CT molecular complexity index is 431. The van der Waals surface area contributed by atoms with Gasteiger partial charge in [0.2, 0.25) is 0 Å². The fraction of sp³-hybridized carbons (Fsp3) is 0.556. The highest BCUT2D eigenvalue weighted by Crippen LogP contribution is 2.24. The fourth-order valence-electron chi connectivity index (χ4n) is 1.75. The van der Waals surface area contributed by atoms with E-state index < -0.39 is 5.69 Å². The summed E-state index contributed by atoms with van der Waals surface area (Å²) in [4.78, 5) is 25.6. The Balaban J connectivity index is 2.43. The molecule has 1 unspecified atom stereocenters. The second kappa shape index (κ2) is 4.45. The van der Waals surface area contributed by atoms with Gasteiger partial charge in [0.1, 0.15) is 5.15 Å². The molecular weight excluding hydrogens is 236 g/mol. The minimum Gasteiger partial charge on any atom is -0.298 e. The van der Waals surface area contributed by atoms with E-state index >= 15 is 0 Å². The van der Waals surface area contributed by atoms with Crippen LogP contribution in [0.25, 0.3) is 0 Å². The molecule has 0 bridgehead atoms. The molecule has 15 heavy (non-hydrogen) atoms. The van der Waals surface area contributed by atoms with Crippen molar-refractivity contribution in [3.63, 3.8) is 0 Å². The van der Waals surface area contributed by atoms with Gasteiger partial charge in [0.25, 0.3) is 5.56 Å². The van der Waals surface area contributed by atoms with Crippen molar-refractivity contribution in [2.75, 3.05) is 11.5 Å². The molecule has 6 heteroatoms. The van der Waals surface area contributed by atoms with Gasteiger partial charge in [0.05, 0.1) is 6.04 Å². The predicted molar refractivity (Wildman–Crippen MR) is 61.9 cm³/mol. The lowest BCUT2D eigenvalue weighted by molar-refractivity contribution is 0.465. The number of aromatic nitrogens is 2. The molecule has 0 radical (unpaired) electrons. The highest BCUT2D eigenvalue weighted by atomic mass is 35.5. The highest BCUT2D eigenvalue weighted by Gasteiger charge is 2.18. The minimum absolute atomic E-state index is 0.0114. The summed E-state index contributed by atoms with van der Waals surface area (Å²) >= 11 is 7.36. The van der Waals surface area contributed by atoms with Gasteiger partial charge >= 0.3 is 5.69 Å². The lowest BCUT2D eigenvalue weighted by Crippen LogP contribution is -2.39. The molecule has 1 atom stereocenters. The van der Waals surface area contributed by atoms with Gasteiger partial charge < -0.3 is 0 Å². The van der Waals surface area contributed by atoms with Crippen molar-refractivity contribution < 1.29 is 0 Å². The molecule has 2 rings (SSSR count). The van der Waals surface area contributed by atoms with Crippen LogP contribution in [0.2, 0.25) is 5.15 Å². The van der Waals surface area contributed by atoms with Crippen LogP contribution in [0.3, 0.4) is 0 Å². The van der Waals surface area contributed by atoms with Crippen LogP contribution in [-0.2, 0) is 0 Å². The molecule has 1 aliphatic rings. The number of thioether (sulfide) groups is 1. The summed E-state index contributed by atoms with van der Waals surface area (Å²) < 4.78 is 1.28. The zero-order valence-corrected chi connectivity index (χ0v) is 9.61. The third kappa shape index (κ3) is 2.29. The van der Waals surface area contributed by atoms with E-state index in [1.165, 1.54) is 10.6 Å². The standard InChI is InChI=1S/C9H11ClN2O2S/c10-7-4-8(13)12(9(14)11-7)6-2-1-3-15-5-6/h4,6H,1-3,5H2,(H,11,14). The maximum Gasteiger partial charge on any atom is 0.329 e. The van der Waals surface area contributed by atoms with Crippen molar-refractivity contribution in [3.05, 3.63) is 32.1 Å². The number of halogens is 1. The molecule has 0 aliphatic carbocycles. The maximum absolute atomic E-state index is 11.6.